The van der Waals surface area contributed by atoms with Crippen molar-refractivity contribution in [1.82, 2.24) is 14.5 Å². The first kappa shape index (κ1) is 28.9. The number of nitrogens with zero attached hydrogens (tertiary/aromatic N) is 2. The maximum absolute atomic E-state index is 13.5. The Kier molecular flexibility index (Phi) is 9.58. The second kappa shape index (κ2) is 12.3. The first-order valence-corrected chi connectivity index (χ1v) is 14.1. The summed E-state index contributed by atoms with van der Waals surface area (Å²) in [6.45, 7) is 5.54. The lowest BCUT2D eigenvalue weighted by molar-refractivity contribution is -0.140. The number of fused-ring (bicyclic) bond motifs is 1. The SMILES string of the molecule is CC(C)CNC(=O)C(C)N(Cc1ccc(Cl)cc1Cl)C(=O)CN(C)S(=O)(=O)c1ccc2ccccc2c1. The van der Waals surface area contributed by atoms with Crippen LogP contribution in [0, 0.1) is 5.92 Å². The molecule has 0 bridgehead atoms. The Bertz CT molecular complexity index is 1400. The monoisotopic (exact) mass is 563 g/mol. The van der Waals surface area contributed by atoms with Crippen LogP contribution in [0.5, 0.6) is 0 Å². The summed E-state index contributed by atoms with van der Waals surface area (Å²) in [5.41, 5.74) is 0.586. The Morgan fingerprint density at radius 2 is 1.62 bits per heavy atom. The molecule has 0 aliphatic heterocycles. The van der Waals surface area contributed by atoms with E-state index in [0.29, 0.717) is 22.2 Å². The molecule has 2 amide bonds. The molecule has 7 nitrogen and oxygen atoms in total. The van der Waals surface area contributed by atoms with Crippen LogP contribution < -0.4 is 5.32 Å². The third-order valence-corrected chi connectivity index (χ3v) is 8.38. The number of nitrogens with one attached hydrogen (secondary N) is 1. The number of halogens is 2. The van der Waals surface area contributed by atoms with Gasteiger partial charge in [0.15, 0.2) is 0 Å². The Hall–Kier alpha value is -2.65. The molecule has 3 aromatic carbocycles. The summed E-state index contributed by atoms with van der Waals surface area (Å²) in [4.78, 5) is 27.8. The topological polar surface area (TPSA) is 86.8 Å². The van der Waals surface area contributed by atoms with Gasteiger partial charge in [-0.15, -0.1) is 0 Å². The molecular formula is C27H31Cl2N3O4S. The quantitative estimate of drug-likeness (QED) is 0.377. The van der Waals surface area contributed by atoms with Gasteiger partial charge in [0.05, 0.1) is 11.4 Å². The van der Waals surface area contributed by atoms with Gasteiger partial charge in [-0.2, -0.15) is 4.31 Å². The molecule has 0 radical (unpaired) electrons. The Morgan fingerprint density at radius 1 is 0.946 bits per heavy atom. The number of carbonyl (C=O) groups excluding carboxylic acids is 2. The van der Waals surface area contributed by atoms with Gasteiger partial charge in [-0.25, -0.2) is 8.42 Å². The van der Waals surface area contributed by atoms with Crippen molar-refractivity contribution in [3.05, 3.63) is 76.3 Å². The minimum absolute atomic E-state index is 0.00889. The molecule has 37 heavy (non-hydrogen) atoms. The molecule has 0 aliphatic rings. The van der Waals surface area contributed by atoms with E-state index < -0.39 is 28.5 Å². The molecule has 10 heteroatoms. The molecule has 1 unspecified atom stereocenters. The summed E-state index contributed by atoms with van der Waals surface area (Å²) in [6, 6.07) is 16.3. The predicted molar refractivity (Wildman–Crippen MR) is 148 cm³/mol. The maximum atomic E-state index is 13.5. The number of carbonyl (C=O) groups is 2. The third-order valence-electron chi connectivity index (χ3n) is 5.99. The van der Waals surface area contributed by atoms with Crippen LogP contribution in [0.1, 0.15) is 26.3 Å². The molecule has 0 aliphatic carbocycles. The van der Waals surface area contributed by atoms with E-state index in [-0.39, 0.29) is 23.3 Å². The van der Waals surface area contributed by atoms with E-state index in [1.165, 1.54) is 18.0 Å². The lowest BCUT2D eigenvalue weighted by atomic mass is 10.1. The average Bonchev–Trinajstić information content (AvgIpc) is 2.85. The van der Waals surface area contributed by atoms with Crippen LogP contribution in [0.4, 0.5) is 0 Å². The lowest BCUT2D eigenvalue weighted by Crippen LogP contribution is -2.51. The fourth-order valence-corrected chi connectivity index (χ4v) is 5.37. The van der Waals surface area contributed by atoms with Crippen molar-refractivity contribution in [1.29, 1.82) is 0 Å². The molecule has 198 valence electrons. The van der Waals surface area contributed by atoms with Gasteiger partial charge >= 0.3 is 0 Å². The summed E-state index contributed by atoms with van der Waals surface area (Å²) in [6.07, 6.45) is 0. The molecule has 3 rings (SSSR count). The van der Waals surface area contributed by atoms with Crippen LogP contribution in [0.25, 0.3) is 10.8 Å². The number of rotatable bonds is 10. The van der Waals surface area contributed by atoms with E-state index in [0.717, 1.165) is 15.1 Å². The van der Waals surface area contributed by atoms with Gasteiger partial charge < -0.3 is 10.2 Å². The van der Waals surface area contributed by atoms with Gasteiger partial charge in [-0.1, -0.05) is 73.4 Å². The highest BCUT2D eigenvalue weighted by atomic mass is 35.5. The fraction of sp³-hybridized carbons (Fsp3) is 0.333. The van der Waals surface area contributed by atoms with Crippen LogP contribution in [0.15, 0.2) is 65.6 Å². The van der Waals surface area contributed by atoms with E-state index in [4.69, 9.17) is 23.2 Å². The lowest BCUT2D eigenvalue weighted by Gasteiger charge is -2.30. The Labute approximate surface area is 228 Å². The zero-order valence-electron chi connectivity index (χ0n) is 21.2. The highest BCUT2D eigenvalue weighted by molar-refractivity contribution is 7.89. The summed E-state index contributed by atoms with van der Waals surface area (Å²) in [7, 11) is -2.62. The number of hydrogen-bond acceptors (Lipinski definition) is 4. The minimum atomic E-state index is -3.97. The smallest absolute Gasteiger partial charge is 0.243 e. The van der Waals surface area contributed by atoms with Crippen molar-refractivity contribution in [2.24, 2.45) is 5.92 Å². The highest BCUT2D eigenvalue weighted by Crippen LogP contribution is 2.24. The van der Waals surface area contributed by atoms with E-state index >= 15 is 0 Å². The standard InChI is InChI=1S/C27H31Cl2N3O4S/c1-18(2)15-30-27(34)19(3)32(16-22-9-11-23(28)14-25(22)29)26(33)17-31(4)37(35,36)24-12-10-20-7-5-6-8-21(20)13-24/h5-14,18-19H,15-17H2,1-4H3,(H,30,34). The number of benzene rings is 3. The zero-order chi connectivity index (χ0) is 27.3. The molecule has 0 saturated heterocycles. The van der Waals surface area contributed by atoms with Gasteiger partial charge in [0.2, 0.25) is 21.8 Å². The van der Waals surface area contributed by atoms with Gasteiger partial charge in [0.25, 0.3) is 0 Å². The normalized spacial score (nSPS) is 12.6. The molecule has 0 fully saturated rings. The van der Waals surface area contributed by atoms with Gasteiger partial charge in [0, 0.05) is 30.2 Å². The second-order valence-corrected chi connectivity index (χ2v) is 12.2. The van der Waals surface area contributed by atoms with Crippen molar-refractivity contribution in [3.8, 4) is 0 Å². The van der Waals surface area contributed by atoms with Crippen LogP contribution in [0.3, 0.4) is 0 Å². The molecule has 0 saturated carbocycles. The fourth-order valence-electron chi connectivity index (χ4n) is 3.74. The predicted octanol–water partition coefficient (Wildman–Crippen LogP) is 4.96. The maximum Gasteiger partial charge on any atom is 0.243 e. The minimum Gasteiger partial charge on any atom is -0.354 e. The van der Waals surface area contributed by atoms with Gasteiger partial charge in [-0.05, 0) is 53.4 Å². The molecule has 0 spiro atoms. The van der Waals surface area contributed by atoms with Gasteiger partial charge in [0.1, 0.15) is 6.04 Å². The summed E-state index contributed by atoms with van der Waals surface area (Å²) >= 11 is 12.4. The second-order valence-electron chi connectivity index (χ2n) is 9.34. The molecule has 1 atom stereocenters. The van der Waals surface area contributed by atoms with E-state index in [2.05, 4.69) is 5.32 Å². The zero-order valence-corrected chi connectivity index (χ0v) is 23.6. The molecule has 3 aromatic rings. The first-order valence-electron chi connectivity index (χ1n) is 11.9. The third kappa shape index (κ3) is 7.23. The summed E-state index contributed by atoms with van der Waals surface area (Å²) in [5, 5.41) is 5.30. The van der Waals surface area contributed by atoms with Crippen molar-refractivity contribution in [2.75, 3.05) is 20.1 Å². The van der Waals surface area contributed by atoms with E-state index in [9.17, 15) is 18.0 Å². The van der Waals surface area contributed by atoms with E-state index in [1.807, 2.05) is 38.1 Å². The van der Waals surface area contributed by atoms with Crippen molar-refractivity contribution >= 4 is 55.8 Å². The van der Waals surface area contributed by atoms with Crippen LogP contribution in [-0.2, 0) is 26.2 Å². The number of amides is 2. The van der Waals surface area contributed by atoms with Crippen LogP contribution in [0.2, 0.25) is 10.0 Å². The highest BCUT2D eigenvalue weighted by Gasteiger charge is 2.30. The summed E-state index contributed by atoms with van der Waals surface area (Å²) < 4.78 is 27.6. The van der Waals surface area contributed by atoms with Crippen molar-refractivity contribution < 1.29 is 18.0 Å². The number of hydrogen-bond donors (Lipinski definition) is 1. The largest absolute Gasteiger partial charge is 0.354 e. The Balaban J connectivity index is 1.86. The van der Waals surface area contributed by atoms with Crippen molar-refractivity contribution in [3.63, 3.8) is 0 Å². The van der Waals surface area contributed by atoms with Crippen molar-refractivity contribution in [2.45, 2.75) is 38.3 Å². The van der Waals surface area contributed by atoms with Gasteiger partial charge in [-0.3, -0.25) is 9.59 Å². The van der Waals surface area contributed by atoms with Crippen LogP contribution in [-0.4, -0.2) is 55.6 Å². The first-order chi connectivity index (χ1) is 17.4. The molecule has 0 aromatic heterocycles. The van der Waals surface area contributed by atoms with Crippen LogP contribution >= 0.6 is 23.2 Å². The summed E-state index contributed by atoms with van der Waals surface area (Å²) in [5.74, 6) is -0.651. The average molecular weight is 565 g/mol. The number of sulfonamides is 1. The molecule has 0 heterocycles. The Morgan fingerprint density at radius 3 is 2.27 bits per heavy atom. The molecule has 1 N–H and O–H groups in total. The number of likely N-dealkylation sites (N-methyl/N-ethyl adjacent to an activating group) is 1. The molecular weight excluding hydrogens is 533 g/mol. The van der Waals surface area contributed by atoms with E-state index in [1.54, 1.807) is 37.3 Å².